The molecule has 1 aromatic carbocycles. The second kappa shape index (κ2) is 6.91. The fraction of sp³-hybridized carbons (Fsp3) is 0.364. The SMILES string of the molecule is Cl.O=C1CNCCN1S(=O)(=O)c1ccc(C(F)(F)F)cc1[N+](=O)[O-]. The van der Waals surface area contributed by atoms with E-state index in [0.717, 1.165) is 0 Å². The summed E-state index contributed by atoms with van der Waals surface area (Å²) in [6.07, 6.45) is -4.86. The summed E-state index contributed by atoms with van der Waals surface area (Å²) in [7, 11) is -4.61. The van der Waals surface area contributed by atoms with Gasteiger partial charge in [-0.05, 0) is 12.1 Å². The Hall–Kier alpha value is -1.92. The van der Waals surface area contributed by atoms with Gasteiger partial charge in [0.05, 0.1) is 17.0 Å². The van der Waals surface area contributed by atoms with E-state index in [-0.39, 0.29) is 38.1 Å². The lowest BCUT2D eigenvalue weighted by molar-refractivity contribution is -0.388. The van der Waals surface area contributed by atoms with E-state index in [0.29, 0.717) is 16.4 Å². The Morgan fingerprint density at radius 3 is 2.42 bits per heavy atom. The lowest BCUT2D eigenvalue weighted by atomic mass is 10.2. The number of sulfonamides is 1. The predicted octanol–water partition coefficient (Wildman–Crippen LogP) is 1.16. The average Bonchev–Trinajstić information content (AvgIpc) is 2.45. The van der Waals surface area contributed by atoms with Crippen LogP contribution in [0, 0.1) is 10.1 Å². The van der Waals surface area contributed by atoms with E-state index in [2.05, 4.69) is 5.32 Å². The number of rotatable bonds is 3. The van der Waals surface area contributed by atoms with Crippen LogP contribution in [0.25, 0.3) is 0 Å². The Kier molecular flexibility index (Phi) is 5.79. The van der Waals surface area contributed by atoms with E-state index < -0.39 is 43.2 Å². The number of nitro benzene ring substituents is 1. The minimum absolute atomic E-state index is 0. The highest BCUT2D eigenvalue weighted by molar-refractivity contribution is 7.89. The highest BCUT2D eigenvalue weighted by Crippen LogP contribution is 2.35. The molecule has 8 nitrogen and oxygen atoms in total. The number of alkyl halides is 3. The van der Waals surface area contributed by atoms with Crippen LogP contribution in [-0.4, -0.2) is 43.2 Å². The van der Waals surface area contributed by atoms with Crippen LogP contribution < -0.4 is 5.32 Å². The maximum atomic E-state index is 12.6. The predicted molar refractivity (Wildman–Crippen MR) is 77.1 cm³/mol. The van der Waals surface area contributed by atoms with Gasteiger partial charge in [0, 0.05) is 19.2 Å². The van der Waals surface area contributed by atoms with E-state index in [1.807, 2.05) is 0 Å². The van der Waals surface area contributed by atoms with Crippen molar-refractivity contribution in [3.8, 4) is 0 Å². The molecule has 1 fully saturated rings. The number of nitro groups is 1. The maximum Gasteiger partial charge on any atom is 0.416 e. The van der Waals surface area contributed by atoms with Gasteiger partial charge in [-0.3, -0.25) is 14.9 Å². The van der Waals surface area contributed by atoms with Gasteiger partial charge in [-0.25, -0.2) is 12.7 Å². The molecule has 0 aliphatic carbocycles. The number of nitrogens with one attached hydrogen (secondary N) is 1. The van der Waals surface area contributed by atoms with Gasteiger partial charge in [0.2, 0.25) is 5.91 Å². The summed E-state index contributed by atoms with van der Waals surface area (Å²) in [4.78, 5) is 20.4. The summed E-state index contributed by atoms with van der Waals surface area (Å²) in [6.45, 7) is -0.410. The Labute approximate surface area is 140 Å². The normalized spacial score (nSPS) is 15.8. The first-order valence-corrected chi connectivity index (χ1v) is 7.61. The van der Waals surface area contributed by atoms with Crippen molar-refractivity contribution in [3.05, 3.63) is 33.9 Å². The molecule has 0 saturated carbocycles. The number of hydrogen-bond acceptors (Lipinski definition) is 6. The summed E-state index contributed by atoms with van der Waals surface area (Å²) in [5, 5.41) is 13.6. The van der Waals surface area contributed by atoms with Crippen molar-refractivity contribution in [1.82, 2.24) is 9.62 Å². The Morgan fingerprint density at radius 1 is 1.29 bits per heavy atom. The van der Waals surface area contributed by atoms with E-state index in [4.69, 9.17) is 0 Å². The smallest absolute Gasteiger partial charge is 0.307 e. The lowest BCUT2D eigenvalue weighted by Crippen LogP contribution is -2.50. The number of carbonyl (C=O) groups is 1. The third kappa shape index (κ3) is 3.76. The Balaban J connectivity index is 0.00000288. The maximum absolute atomic E-state index is 12.6. The van der Waals surface area contributed by atoms with Crippen LogP contribution in [-0.2, 0) is 21.0 Å². The summed E-state index contributed by atoms with van der Waals surface area (Å²) < 4.78 is 63.1. The van der Waals surface area contributed by atoms with Gasteiger partial charge >= 0.3 is 6.18 Å². The molecule has 0 unspecified atom stereocenters. The zero-order valence-corrected chi connectivity index (χ0v) is 13.4. The number of amides is 1. The largest absolute Gasteiger partial charge is 0.416 e. The summed E-state index contributed by atoms with van der Waals surface area (Å²) >= 11 is 0. The molecule has 0 spiro atoms. The molecule has 0 bridgehead atoms. The van der Waals surface area contributed by atoms with Gasteiger partial charge in [0.1, 0.15) is 0 Å². The quantitative estimate of drug-likeness (QED) is 0.613. The van der Waals surface area contributed by atoms with E-state index in [1.165, 1.54) is 0 Å². The van der Waals surface area contributed by atoms with Crippen molar-refractivity contribution in [2.75, 3.05) is 19.6 Å². The molecule has 1 N–H and O–H groups in total. The number of piperazine rings is 1. The van der Waals surface area contributed by atoms with Crippen molar-refractivity contribution in [1.29, 1.82) is 0 Å². The van der Waals surface area contributed by atoms with Crippen LogP contribution in [0.4, 0.5) is 18.9 Å². The van der Waals surface area contributed by atoms with Crippen molar-refractivity contribution in [3.63, 3.8) is 0 Å². The molecule has 134 valence electrons. The highest BCUT2D eigenvalue weighted by Gasteiger charge is 2.39. The molecule has 24 heavy (non-hydrogen) atoms. The second-order valence-electron chi connectivity index (χ2n) is 4.59. The van der Waals surface area contributed by atoms with Crippen LogP contribution in [0.3, 0.4) is 0 Å². The summed E-state index contributed by atoms with van der Waals surface area (Å²) in [6, 6.07) is 1.05. The fourth-order valence-corrected chi connectivity index (χ4v) is 3.56. The molecule has 0 aromatic heterocycles. The minimum Gasteiger partial charge on any atom is -0.307 e. The standard InChI is InChI=1S/C11H10F3N3O5S.ClH/c12-11(13,14)7-1-2-9(8(5-7)17(19)20)23(21,22)16-4-3-15-6-10(16)18;/h1-2,5,15H,3-4,6H2;1H. The zero-order valence-electron chi connectivity index (χ0n) is 11.7. The van der Waals surface area contributed by atoms with Crippen LogP contribution >= 0.6 is 12.4 Å². The number of hydrogen-bond donors (Lipinski definition) is 1. The van der Waals surface area contributed by atoms with Gasteiger partial charge in [-0.1, -0.05) is 0 Å². The molecule has 13 heteroatoms. The molecule has 0 radical (unpaired) electrons. The summed E-state index contributed by atoms with van der Waals surface area (Å²) in [5.41, 5.74) is -2.58. The number of nitrogens with zero attached hydrogens (tertiary/aromatic N) is 2. The fourth-order valence-electron chi connectivity index (χ4n) is 2.02. The molecular weight excluding hydrogens is 379 g/mol. The molecule has 1 aliphatic heterocycles. The van der Waals surface area contributed by atoms with Gasteiger partial charge < -0.3 is 5.32 Å². The molecule has 1 aromatic rings. The van der Waals surface area contributed by atoms with Gasteiger partial charge in [0.15, 0.2) is 4.90 Å². The number of carbonyl (C=O) groups excluding carboxylic acids is 1. The molecule has 2 rings (SSSR count). The summed E-state index contributed by atoms with van der Waals surface area (Å²) in [5.74, 6) is -0.842. The third-order valence-electron chi connectivity index (χ3n) is 3.10. The van der Waals surface area contributed by atoms with Crippen molar-refractivity contribution < 1.29 is 31.3 Å². The molecule has 1 heterocycles. The first-order valence-electron chi connectivity index (χ1n) is 6.17. The second-order valence-corrected chi connectivity index (χ2v) is 6.42. The minimum atomic E-state index is -4.86. The van der Waals surface area contributed by atoms with Crippen molar-refractivity contribution in [2.45, 2.75) is 11.1 Å². The molecular formula is C11H11ClF3N3O5S. The lowest BCUT2D eigenvalue weighted by Gasteiger charge is -2.26. The number of benzene rings is 1. The third-order valence-corrected chi connectivity index (χ3v) is 4.96. The van der Waals surface area contributed by atoms with Crippen LogP contribution in [0.2, 0.25) is 0 Å². The zero-order chi connectivity index (χ0) is 17.4. The highest BCUT2D eigenvalue weighted by atomic mass is 35.5. The number of halogens is 4. The Bertz CT molecular complexity index is 769. The topological polar surface area (TPSA) is 110 Å². The molecule has 1 saturated heterocycles. The molecule has 1 amide bonds. The van der Waals surface area contributed by atoms with Crippen molar-refractivity contribution in [2.24, 2.45) is 0 Å². The van der Waals surface area contributed by atoms with E-state index in [1.54, 1.807) is 0 Å². The van der Waals surface area contributed by atoms with E-state index in [9.17, 15) is 36.5 Å². The van der Waals surface area contributed by atoms with Crippen LogP contribution in [0.1, 0.15) is 5.56 Å². The van der Waals surface area contributed by atoms with Crippen LogP contribution in [0.15, 0.2) is 23.1 Å². The first-order chi connectivity index (χ1) is 10.5. The van der Waals surface area contributed by atoms with Gasteiger partial charge in [-0.2, -0.15) is 13.2 Å². The van der Waals surface area contributed by atoms with Gasteiger partial charge in [-0.15, -0.1) is 12.4 Å². The molecule has 0 atom stereocenters. The monoisotopic (exact) mass is 389 g/mol. The van der Waals surface area contributed by atoms with Crippen LogP contribution in [0.5, 0.6) is 0 Å². The van der Waals surface area contributed by atoms with E-state index >= 15 is 0 Å². The van der Waals surface area contributed by atoms with Gasteiger partial charge in [0.25, 0.3) is 15.7 Å². The van der Waals surface area contributed by atoms with Crippen molar-refractivity contribution >= 4 is 34.0 Å². The average molecular weight is 390 g/mol. The Morgan fingerprint density at radius 2 is 1.92 bits per heavy atom. The molecule has 1 aliphatic rings. The first kappa shape index (κ1) is 20.1.